The van der Waals surface area contributed by atoms with E-state index in [1.54, 1.807) is 0 Å². The van der Waals surface area contributed by atoms with Gasteiger partial charge in [-0.3, -0.25) is 0 Å². The number of aromatic nitrogens is 1. The van der Waals surface area contributed by atoms with Gasteiger partial charge in [0.1, 0.15) is 0 Å². The number of nitrogens with zero attached hydrogens (tertiary/aromatic N) is 1. The summed E-state index contributed by atoms with van der Waals surface area (Å²) in [7, 11) is -3.43. The smallest absolute Gasteiger partial charge is 0.232 e. The minimum absolute atomic E-state index is 0.0309. The molecule has 7 heteroatoms. The van der Waals surface area contributed by atoms with Crippen LogP contribution in [0.25, 0.3) is 0 Å². The van der Waals surface area contributed by atoms with Crippen LogP contribution in [0.2, 0.25) is 4.47 Å². The fourth-order valence-electron chi connectivity index (χ4n) is 1.28. The molecule has 1 aromatic rings. The van der Waals surface area contributed by atoms with Crippen LogP contribution < -0.4 is 4.72 Å². The number of sulfonamides is 1. The maximum atomic E-state index is 11.8. The summed E-state index contributed by atoms with van der Waals surface area (Å²) in [5.74, 6) is 0. The third-order valence-electron chi connectivity index (χ3n) is 2.53. The van der Waals surface area contributed by atoms with Crippen LogP contribution in [0, 0.1) is 5.41 Å². The van der Waals surface area contributed by atoms with E-state index in [0.29, 0.717) is 0 Å². The van der Waals surface area contributed by atoms with Gasteiger partial charge >= 0.3 is 0 Å². The Kier molecular flexibility index (Phi) is 2.57. The molecule has 4 nitrogen and oxygen atoms in total. The average Bonchev–Trinajstić information content (AvgIpc) is 2.53. The Morgan fingerprint density at radius 3 is 2.67 bits per heavy atom. The summed E-state index contributed by atoms with van der Waals surface area (Å²) < 4.78 is 26.6. The minimum atomic E-state index is -3.43. The normalized spacial score (nSPS) is 24.1. The molecule has 0 aliphatic heterocycles. The van der Waals surface area contributed by atoms with Crippen molar-refractivity contribution < 1.29 is 8.42 Å². The molecular formula is C8H11ClN2O2S2. The summed E-state index contributed by atoms with van der Waals surface area (Å²) in [5.41, 5.74) is 0.0710. The fraction of sp³-hybridized carbons (Fsp3) is 0.625. The number of halogens is 1. The SMILES string of the molecule is CC1(C)CC1NS(=O)(=O)c1cnc(Cl)s1. The van der Waals surface area contributed by atoms with Crippen molar-refractivity contribution in [3.8, 4) is 0 Å². The van der Waals surface area contributed by atoms with Crippen molar-refractivity contribution in [2.75, 3.05) is 0 Å². The standard InChI is InChI=1S/C8H11ClN2O2S2/c1-8(2)3-5(8)11-15(12,13)6-4-10-7(9)14-6/h4-5,11H,3H2,1-2H3. The summed E-state index contributed by atoms with van der Waals surface area (Å²) in [4.78, 5) is 3.71. The molecule has 1 aromatic heterocycles. The fourth-order valence-corrected chi connectivity index (χ4v) is 3.99. The Labute approximate surface area is 97.7 Å². The molecule has 1 N–H and O–H groups in total. The summed E-state index contributed by atoms with van der Waals surface area (Å²) in [6, 6.07) is 0.0309. The molecule has 1 atom stereocenters. The summed E-state index contributed by atoms with van der Waals surface area (Å²) in [5, 5.41) is 0. The second kappa shape index (κ2) is 3.41. The van der Waals surface area contributed by atoms with E-state index < -0.39 is 10.0 Å². The van der Waals surface area contributed by atoms with E-state index in [0.717, 1.165) is 17.8 Å². The van der Waals surface area contributed by atoms with Gasteiger partial charge in [-0.05, 0) is 11.8 Å². The molecule has 1 saturated carbocycles. The number of thiazole rings is 1. The van der Waals surface area contributed by atoms with Crippen molar-refractivity contribution in [2.24, 2.45) is 5.41 Å². The van der Waals surface area contributed by atoms with Gasteiger partial charge in [-0.15, -0.1) is 0 Å². The number of hydrogen-bond donors (Lipinski definition) is 1. The van der Waals surface area contributed by atoms with Crippen molar-refractivity contribution in [3.63, 3.8) is 0 Å². The molecule has 1 aliphatic rings. The molecular weight excluding hydrogens is 256 g/mol. The lowest BCUT2D eigenvalue weighted by molar-refractivity contribution is 0.556. The van der Waals surface area contributed by atoms with E-state index in [-0.39, 0.29) is 20.1 Å². The Bertz CT molecular complexity index is 481. The van der Waals surface area contributed by atoms with Crippen molar-refractivity contribution in [2.45, 2.75) is 30.5 Å². The topological polar surface area (TPSA) is 59.1 Å². The molecule has 0 saturated heterocycles. The molecule has 0 radical (unpaired) electrons. The van der Waals surface area contributed by atoms with Crippen LogP contribution >= 0.6 is 22.9 Å². The molecule has 15 heavy (non-hydrogen) atoms. The largest absolute Gasteiger partial charge is 0.251 e. The van der Waals surface area contributed by atoms with E-state index in [2.05, 4.69) is 9.71 Å². The lowest BCUT2D eigenvalue weighted by atomic mass is 10.2. The maximum absolute atomic E-state index is 11.8. The molecule has 1 unspecified atom stereocenters. The van der Waals surface area contributed by atoms with Gasteiger partial charge in [0, 0.05) is 6.04 Å². The molecule has 2 rings (SSSR count). The Morgan fingerprint density at radius 1 is 1.67 bits per heavy atom. The number of nitrogens with one attached hydrogen (secondary N) is 1. The predicted octanol–water partition coefficient (Wildman–Crippen LogP) is 1.87. The van der Waals surface area contributed by atoms with E-state index in [1.165, 1.54) is 6.20 Å². The zero-order valence-corrected chi connectivity index (χ0v) is 10.7. The zero-order chi connectivity index (χ0) is 11.3. The van der Waals surface area contributed by atoms with Gasteiger partial charge in [-0.2, -0.15) is 0 Å². The molecule has 1 heterocycles. The first-order valence-electron chi connectivity index (χ1n) is 4.45. The summed E-state index contributed by atoms with van der Waals surface area (Å²) in [6.07, 6.45) is 2.16. The van der Waals surface area contributed by atoms with E-state index in [1.807, 2.05) is 13.8 Å². The number of hydrogen-bond acceptors (Lipinski definition) is 4. The third kappa shape index (κ3) is 2.33. The first-order valence-corrected chi connectivity index (χ1v) is 7.13. The highest BCUT2D eigenvalue weighted by Gasteiger charge is 2.48. The number of rotatable bonds is 3. The van der Waals surface area contributed by atoms with Crippen LogP contribution in [0.5, 0.6) is 0 Å². The first-order chi connectivity index (χ1) is 6.81. The quantitative estimate of drug-likeness (QED) is 0.909. The van der Waals surface area contributed by atoms with Gasteiger partial charge in [0.2, 0.25) is 0 Å². The van der Waals surface area contributed by atoms with Crippen molar-refractivity contribution in [3.05, 3.63) is 10.7 Å². The molecule has 1 fully saturated rings. The van der Waals surface area contributed by atoms with Gasteiger partial charge in [0.25, 0.3) is 10.0 Å². The van der Waals surface area contributed by atoms with Crippen LogP contribution in [-0.2, 0) is 10.0 Å². The van der Waals surface area contributed by atoms with Crippen molar-refractivity contribution in [1.82, 2.24) is 9.71 Å². The lowest BCUT2D eigenvalue weighted by Gasteiger charge is -2.05. The molecule has 0 spiro atoms. The molecule has 0 bridgehead atoms. The molecule has 0 aromatic carbocycles. The van der Waals surface area contributed by atoms with Gasteiger partial charge in [-0.25, -0.2) is 18.1 Å². The monoisotopic (exact) mass is 266 g/mol. The predicted molar refractivity (Wildman–Crippen MR) is 59.6 cm³/mol. The zero-order valence-electron chi connectivity index (χ0n) is 8.32. The third-order valence-corrected chi connectivity index (χ3v) is 5.58. The molecule has 1 aliphatic carbocycles. The van der Waals surface area contributed by atoms with Crippen LogP contribution in [-0.4, -0.2) is 19.4 Å². The summed E-state index contributed by atoms with van der Waals surface area (Å²) >= 11 is 6.56. The Hall–Kier alpha value is -0.170. The van der Waals surface area contributed by atoms with Crippen LogP contribution in [0.1, 0.15) is 20.3 Å². The van der Waals surface area contributed by atoms with E-state index in [9.17, 15) is 8.42 Å². The van der Waals surface area contributed by atoms with Crippen molar-refractivity contribution >= 4 is 33.0 Å². The average molecular weight is 267 g/mol. The molecule has 84 valence electrons. The van der Waals surface area contributed by atoms with E-state index >= 15 is 0 Å². The van der Waals surface area contributed by atoms with Gasteiger partial charge in [-0.1, -0.05) is 36.8 Å². The van der Waals surface area contributed by atoms with Gasteiger partial charge in [0.05, 0.1) is 6.20 Å². The van der Waals surface area contributed by atoms with Crippen LogP contribution in [0.15, 0.2) is 10.4 Å². The molecule has 0 amide bonds. The Balaban J connectivity index is 2.15. The minimum Gasteiger partial charge on any atom is -0.232 e. The van der Waals surface area contributed by atoms with Gasteiger partial charge < -0.3 is 0 Å². The van der Waals surface area contributed by atoms with Gasteiger partial charge in [0.15, 0.2) is 8.68 Å². The van der Waals surface area contributed by atoms with Crippen LogP contribution in [0.4, 0.5) is 0 Å². The highest BCUT2D eigenvalue weighted by molar-refractivity contribution is 7.91. The second-order valence-electron chi connectivity index (χ2n) is 4.30. The highest BCUT2D eigenvalue weighted by atomic mass is 35.5. The van der Waals surface area contributed by atoms with Crippen LogP contribution in [0.3, 0.4) is 0 Å². The highest BCUT2D eigenvalue weighted by Crippen LogP contribution is 2.45. The summed E-state index contributed by atoms with van der Waals surface area (Å²) in [6.45, 7) is 4.06. The first kappa shape index (κ1) is 11.3. The Morgan fingerprint density at radius 2 is 2.27 bits per heavy atom. The maximum Gasteiger partial charge on any atom is 0.251 e. The van der Waals surface area contributed by atoms with Crippen molar-refractivity contribution in [1.29, 1.82) is 0 Å². The second-order valence-corrected chi connectivity index (χ2v) is 7.85. The lowest BCUT2D eigenvalue weighted by Crippen LogP contribution is -2.27. The van der Waals surface area contributed by atoms with E-state index in [4.69, 9.17) is 11.6 Å².